The average Bonchev–Trinajstić information content (AvgIpc) is 2.29. The van der Waals surface area contributed by atoms with Crippen LogP contribution in [-0.2, 0) is 9.59 Å². The first-order chi connectivity index (χ1) is 6.11. The minimum absolute atomic E-state index is 0.157. The summed E-state index contributed by atoms with van der Waals surface area (Å²) in [5.41, 5.74) is -0.877. The van der Waals surface area contributed by atoms with Crippen LogP contribution in [0.4, 0.5) is 0 Å². The summed E-state index contributed by atoms with van der Waals surface area (Å²) in [6, 6.07) is 0. The van der Waals surface area contributed by atoms with Gasteiger partial charge in [0.15, 0.2) is 5.78 Å². The summed E-state index contributed by atoms with van der Waals surface area (Å²) in [5.74, 6) is -0.332. The van der Waals surface area contributed by atoms with Crippen LogP contribution in [0.25, 0.3) is 0 Å². The van der Waals surface area contributed by atoms with E-state index < -0.39 is 5.41 Å². The molecule has 1 saturated heterocycles. The highest BCUT2D eigenvalue weighted by Gasteiger charge is 2.39. The summed E-state index contributed by atoms with van der Waals surface area (Å²) in [5, 5.41) is 2.74. The second-order valence-corrected chi connectivity index (χ2v) is 3.61. The Balaban J connectivity index is 2.88. The van der Waals surface area contributed by atoms with Gasteiger partial charge in [-0.3, -0.25) is 9.59 Å². The number of amides is 1. The standard InChI is InChI=1S/C10H15NO2/c1-3-8(12)10(2)6-4-5-7-11-9(10)13/h3H,1,4-7H2,2H3,(H,11,13). The highest BCUT2D eigenvalue weighted by atomic mass is 16.2. The number of hydrogen-bond donors (Lipinski definition) is 1. The lowest BCUT2D eigenvalue weighted by molar-refractivity contribution is -0.138. The van der Waals surface area contributed by atoms with Gasteiger partial charge in [-0.1, -0.05) is 13.0 Å². The fraction of sp³-hybridized carbons (Fsp3) is 0.600. The van der Waals surface area contributed by atoms with Gasteiger partial charge in [0, 0.05) is 6.54 Å². The van der Waals surface area contributed by atoms with E-state index in [1.807, 2.05) is 0 Å². The zero-order valence-corrected chi connectivity index (χ0v) is 7.93. The van der Waals surface area contributed by atoms with Crippen molar-refractivity contribution in [2.24, 2.45) is 5.41 Å². The van der Waals surface area contributed by atoms with Gasteiger partial charge in [0.25, 0.3) is 0 Å². The minimum Gasteiger partial charge on any atom is -0.355 e. The second-order valence-electron chi connectivity index (χ2n) is 3.61. The number of hydrogen-bond acceptors (Lipinski definition) is 2. The third-order valence-corrected chi connectivity index (χ3v) is 2.62. The second kappa shape index (κ2) is 3.73. The Morgan fingerprint density at radius 2 is 2.31 bits per heavy atom. The van der Waals surface area contributed by atoms with Gasteiger partial charge in [0.1, 0.15) is 5.41 Å². The van der Waals surface area contributed by atoms with Crippen LogP contribution in [0.5, 0.6) is 0 Å². The van der Waals surface area contributed by atoms with E-state index in [4.69, 9.17) is 0 Å². The molecule has 1 aliphatic heterocycles. The maximum absolute atomic E-state index is 11.6. The lowest BCUT2D eigenvalue weighted by Crippen LogP contribution is -2.42. The van der Waals surface area contributed by atoms with Crippen LogP contribution in [0.2, 0.25) is 0 Å². The van der Waals surface area contributed by atoms with E-state index in [9.17, 15) is 9.59 Å². The summed E-state index contributed by atoms with van der Waals surface area (Å²) < 4.78 is 0. The van der Waals surface area contributed by atoms with E-state index >= 15 is 0 Å². The minimum atomic E-state index is -0.877. The van der Waals surface area contributed by atoms with Crippen molar-refractivity contribution in [1.82, 2.24) is 5.32 Å². The van der Waals surface area contributed by atoms with Crippen LogP contribution in [0.3, 0.4) is 0 Å². The lowest BCUT2D eigenvalue weighted by atomic mass is 9.80. The molecule has 1 rings (SSSR count). The lowest BCUT2D eigenvalue weighted by Gasteiger charge is -2.22. The number of allylic oxidation sites excluding steroid dienone is 1. The highest BCUT2D eigenvalue weighted by Crippen LogP contribution is 2.28. The summed E-state index contributed by atoms with van der Waals surface area (Å²) in [6.45, 7) is 5.79. The Bertz CT molecular complexity index is 247. The van der Waals surface area contributed by atoms with E-state index in [1.165, 1.54) is 6.08 Å². The molecule has 0 aliphatic carbocycles. The quantitative estimate of drug-likeness (QED) is 0.511. The first kappa shape index (κ1) is 9.96. The molecule has 0 radical (unpaired) electrons. The van der Waals surface area contributed by atoms with Gasteiger partial charge in [0.2, 0.25) is 5.91 Å². The summed E-state index contributed by atoms with van der Waals surface area (Å²) in [6.07, 6.45) is 3.73. The van der Waals surface area contributed by atoms with Crippen molar-refractivity contribution < 1.29 is 9.59 Å². The molecule has 1 unspecified atom stereocenters. The van der Waals surface area contributed by atoms with Crippen molar-refractivity contribution in [3.8, 4) is 0 Å². The molecule has 72 valence electrons. The van der Waals surface area contributed by atoms with Gasteiger partial charge in [-0.15, -0.1) is 0 Å². The van der Waals surface area contributed by atoms with E-state index in [0.29, 0.717) is 13.0 Å². The van der Waals surface area contributed by atoms with Gasteiger partial charge >= 0.3 is 0 Å². The van der Waals surface area contributed by atoms with Crippen LogP contribution in [-0.4, -0.2) is 18.2 Å². The van der Waals surface area contributed by atoms with Crippen molar-refractivity contribution in [3.63, 3.8) is 0 Å². The van der Waals surface area contributed by atoms with Crippen molar-refractivity contribution in [3.05, 3.63) is 12.7 Å². The summed E-state index contributed by atoms with van der Waals surface area (Å²) >= 11 is 0. The van der Waals surface area contributed by atoms with Crippen molar-refractivity contribution in [2.45, 2.75) is 26.2 Å². The van der Waals surface area contributed by atoms with E-state index in [1.54, 1.807) is 6.92 Å². The largest absolute Gasteiger partial charge is 0.355 e. The van der Waals surface area contributed by atoms with Gasteiger partial charge in [-0.2, -0.15) is 0 Å². The van der Waals surface area contributed by atoms with Gasteiger partial charge < -0.3 is 5.32 Å². The Morgan fingerprint density at radius 3 is 2.92 bits per heavy atom. The summed E-state index contributed by atoms with van der Waals surface area (Å²) in [7, 11) is 0. The molecular weight excluding hydrogens is 166 g/mol. The molecule has 1 amide bonds. The average molecular weight is 181 g/mol. The normalized spacial score (nSPS) is 28.8. The first-order valence-corrected chi connectivity index (χ1v) is 4.56. The number of carbonyl (C=O) groups excluding carboxylic acids is 2. The molecule has 3 heteroatoms. The molecule has 0 saturated carbocycles. The predicted octanol–water partition coefficient (Wildman–Crippen LogP) is 1.05. The number of ketones is 1. The molecule has 0 aromatic rings. The molecule has 1 atom stereocenters. The van der Waals surface area contributed by atoms with Crippen molar-refractivity contribution in [2.75, 3.05) is 6.54 Å². The van der Waals surface area contributed by atoms with Crippen molar-refractivity contribution >= 4 is 11.7 Å². The Kier molecular flexibility index (Phi) is 2.86. The van der Waals surface area contributed by atoms with E-state index in [0.717, 1.165) is 12.8 Å². The molecule has 0 spiro atoms. The van der Waals surface area contributed by atoms with Crippen molar-refractivity contribution in [1.29, 1.82) is 0 Å². The van der Waals surface area contributed by atoms with Crippen LogP contribution in [0, 0.1) is 5.41 Å². The molecule has 1 heterocycles. The summed E-state index contributed by atoms with van der Waals surface area (Å²) in [4.78, 5) is 23.0. The molecule has 3 nitrogen and oxygen atoms in total. The predicted molar refractivity (Wildman–Crippen MR) is 50.2 cm³/mol. The maximum atomic E-state index is 11.6. The molecule has 0 aromatic heterocycles. The molecular formula is C10H15NO2. The number of nitrogens with one attached hydrogen (secondary N) is 1. The monoisotopic (exact) mass is 181 g/mol. The SMILES string of the molecule is C=CC(=O)C1(C)CCCCNC1=O. The van der Waals surface area contributed by atoms with Gasteiger partial charge in [-0.05, 0) is 25.8 Å². The molecule has 0 bridgehead atoms. The molecule has 0 aromatic carbocycles. The maximum Gasteiger partial charge on any atom is 0.233 e. The zero-order valence-electron chi connectivity index (χ0n) is 7.93. The first-order valence-electron chi connectivity index (χ1n) is 4.56. The highest BCUT2D eigenvalue weighted by molar-refractivity contribution is 6.10. The Hall–Kier alpha value is -1.12. The van der Waals surface area contributed by atoms with Crippen LogP contribution in [0.15, 0.2) is 12.7 Å². The third-order valence-electron chi connectivity index (χ3n) is 2.62. The zero-order chi connectivity index (χ0) is 9.90. The van der Waals surface area contributed by atoms with E-state index in [2.05, 4.69) is 11.9 Å². The fourth-order valence-corrected chi connectivity index (χ4v) is 1.57. The Morgan fingerprint density at radius 1 is 1.62 bits per heavy atom. The van der Waals surface area contributed by atoms with Crippen LogP contribution >= 0.6 is 0 Å². The molecule has 1 fully saturated rings. The topological polar surface area (TPSA) is 46.2 Å². The fourth-order valence-electron chi connectivity index (χ4n) is 1.57. The van der Waals surface area contributed by atoms with E-state index in [-0.39, 0.29) is 11.7 Å². The smallest absolute Gasteiger partial charge is 0.233 e. The van der Waals surface area contributed by atoms with Gasteiger partial charge in [-0.25, -0.2) is 0 Å². The Labute approximate surface area is 78.2 Å². The molecule has 1 aliphatic rings. The molecule has 1 N–H and O–H groups in total. The van der Waals surface area contributed by atoms with Crippen LogP contribution < -0.4 is 5.32 Å². The molecule has 13 heavy (non-hydrogen) atoms. The van der Waals surface area contributed by atoms with Gasteiger partial charge in [0.05, 0.1) is 0 Å². The van der Waals surface area contributed by atoms with Crippen LogP contribution in [0.1, 0.15) is 26.2 Å². The number of rotatable bonds is 2. The third kappa shape index (κ3) is 1.79. The number of carbonyl (C=O) groups is 2.